The number of benzene rings is 1. The number of nitrogens with one attached hydrogen (secondary N) is 2. The molecule has 1 aromatic carbocycles. The van der Waals surface area contributed by atoms with Crippen LogP contribution in [0, 0.1) is 5.92 Å². The van der Waals surface area contributed by atoms with Crippen molar-refractivity contribution in [1.29, 1.82) is 0 Å². The first-order chi connectivity index (χ1) is 12.0. The van der Waals surface area contributed by atoms with Crippen molar-refractivity contribution in [2.45, 2.75) is 52.6 Å². The van der Waals surface area contributed by atoms with Crippen molar-refractivity contribution < 1.29 is 4.79 Å². The van der Waals surface area contributed by atoms with Gasteiger partial charge in [0.1, 0.15) is 0 Å². The number of rotatable bonds is 7. The lowest BCUT2D eigenvalue weighted by molar-refractivity contribution is 0.232. The summed E-state index contributed by atoms with van der Waals surface area (Å²) in [6.07, 6.45) is 2.85. The molecule has 0 radical (unpaired) electrons. The number of amides is 2. The van der Waals surface area contributed by atoms with Crippen molar-refractivity contribution in [3.8, 4) is 0 Å². The van der Waals surface area contributed by atoms with Gasteiger partial charge in [-0.25, -0.2) is 4.79 Å². The van der Waals surface area contributed by atoms with Crippen LogP contribution in [0.1, 0.15) is 62.9 Å². The molecule has 1 aromatic heterocycles. The van der Waals surface area contributed by atoms with Crippen LogP contribution in [-0.2, 0) is 6.54 Å². The molecule has 0 fully saturated rings. The first-order valence-corrected chi connectivity index (χ1v) is 9.05. The molecule has 0 aliphatic heterocycles. The molecule has 0 aliphatic carbocycles. The second-order valence-electron chi connectivity index (χ2n) is 6.85. The van der Waals surface area contributed by atoms with Crippen LogP contribution in [0.4, 0.5) is 4.79 Å². The molecule has 0 saturated carbocycles. The maximum Gasteiger partial charge on any atom is 0.315 e. The monoisotopic (exact) mass is 339 g/mol. The molecule has 2 N–H and O–H groups in total. The number of carbonyl (C=O) groups excluding carboxylic acids is 1. The zero-order chi connectivity index (χ0) is 18.2. The third-order valence-electron chi connectivity index (χ3n) is 4.59. The Hall–Kier alpha value is -2.36. The quantitative estimate of drug-likeness (QED) is 0.762. The zero-order valence-electron chi connectivity index (χ0n) is 15.6. The lowest BCUT2D eigenvalue weighted by atomic mass is 9.92. The molecule has 2 aromatic rings. The van der Waals surface area contributed by atoms with Crippen LogP contribution in [0.15, 0.2) is 48.7 Å². The third kappa shape index (κ3) is 5.59. The number of urea groups is 1. The van der Waals surface area contributed by atoms with Gasteiger partial charge in [-0.05, 0) is 41.5 Å². The van der Waals surface area contributed by atoms with Crippen LogP contribution in [-0.4, -0.2) is 11.0 Å². The maximum atomic E-state index is 12.3. The molecule has 0 saturated heterocycles. The molecule has 134 valence electrons. The smallest absolute Gasteiger partial charge is 0.315 e. The minimum Gasteiger partial charge on any atom is -0.332 e. The summed E-state index contributed by atoms with van der Waals surface area (Å²) in [6, 6.07) is 14.1. The lowest BCUT2D eigenvalue weighted by Crippen LogP contribution is -2.39. The average molecular weight is 339 g/mol. The van der Waals surface area contributed by atoms with Gasteiger partial charge in [0, 0.05) is 6.20 Å². The van der Waals surface area contributed by atoms with E-state index >= 15 is 0 Å². The molecule has 1 heterocycles. The summed E-state index contributed by atoms with van der Waals surface area (Å²) in [7, 11) is 0. The highest BCUT2D eigenvalue weighted by molar-refractivity contribution is 5.74. The summed E-state index contributed by atoms with van der Waals surface area (Å²) >= 11 is 0. The van der Waals surface area contributed by atoms with Gasteiger partial charge in [0.05, 0.1) is 18.3 Å². The molecule has 2 amide bonds. The van der Waals surface area contributed by atoms with Crippen LogP contribution >= 0.6 is 0 Å². The highest BCUT2D eigenvalue weighted by Crippen LogP contribution is 2.25. The summed E-state index contributed by atoms with van der Waals surface area (Å²) in [5.74, 6) is 0.858. The zero-order valence-corrected chi connectivity index (χ0v) is 15.6. The molecule has 2 rings (SSSR count). The Morgan fingerprint density at radius 3 is 2.28 bits per heavy atom. The predicted molar refractivity (Wildman–Crippen MR) is 102 cm³/mol. The Morgan fingerprint density at radius 1 is 1.04 bits per heavy atom. The topological polar surface area (TPSA) is 54.0 Å². The van der Waals surface area contributed by atoms with E-state index in [1.165, 1.54) is 5.56 Å². The second-order valence-corrected chi connectivity index (χ2v) is 6.85. The molecular formula is C21H29N3O. The summed E-state index contributed by atoms with van der Waals surface area (Å²) in [4.78, 5) is 16.5. The fourth-order valence-electron chi connectivity index (χ4n) is 2.77. The third-order valence-corrected chi connectivity index (χ3v) is 4.59. The van der Waals surface area contributed by atoms with Gasteiger partial charge in [0.2, 0.25) is 0 Å². The fraction of sp³-hybridized carbons (Fsp3) is 0.429. The number of nitrogens with zero attached hydrogens (tertiary/aromatic N) is 1. The van der Waals surface area contributed by atoms with E-state index in [0.29, 0.717) is 18.4 Å². The van der Waals surface area contributed by atoms with E-state index in [1.807, 2.05) is 18.2 Å². The van der Waals surface area contributed by atoms with Crippen molar-refractivity contribution >= 4 is 6.03 Å². The van der Waals surface area contributed by atoms with Gasteiger partial charge < -0.3 is 10.6 Å². The average Bonchev–Trinajstić information content (AvgIpc) is 2.64. The molecule has 0 spiro atoms. The number of carbonyl (C=O) groups is 1. The van der Waals surface area contributed by atoms with Crippen molar-refractivity contribution in [3.05, 3.63) is 65.5 Å². The van der Waals surface area contributed by atoms with E-state index in [0.717, 1.165) is 17.7 Å². The van der Waals surface area contributed by atoms with E-state index in [2.05, 4.69) is 67.6 Å². The van der Waals surface area contributed by atoms with Crippen molar-refractivity contribution in [1.82, 2.24) is 15.6 Å². The number of hydrogen-bond acceptors (Lipinski definition) is 2. The Bertz CT molecular complexity index is 653. The molecule has 4 heteroatoms. The van der Waals surface area contributed by atoms with Gasteiger partial charge in [0.15, 0.2) is 0 Å². The summed E-state index contributed by atoms with van der Waals surface area (Å²) in [6.45, 7) is 9.09. The van der Waals surface area contributed by atoms with Crippen molar-refractivity contribution in [2.75, 3.05) is 0 Å². The minimum atomic E-state index is -0.171. The van der Waals surface area contributed by atoms with E-state index < -0.39 is 0 Å². The Balaban J connectivity index is 1.99. The molecule has 25 heavy (non-hydrogen) atoms. The maximum absolute atomic E-state index is 12.3. The van der Waals surface area contributed by atoms with Crippen LogP contribution in [0.25, 0.3) is 0 Å². The predicted octanol–water partition coefficient (Wildman–Crippen LogP) is 4.79. The van der Waals surface area contributed by atoms with Crippen molar-refractivity contribution in [3.63, 3.8) is 0 Å². The first-order valence-electron chi connectivity index (χ1n) is 9.05. The number of pyridine rings is 1. The largest absolute Gasteiger partial charge is 0.332 e. The van der Waals surface area contributed by atoms with E-state index in [-0.39, 0.29) is 12.1 Å². The Morgan fingerprint density at radius 2 is 1.72 bits per heavy atom. The molecule has 4 nitrogen and oxygen atoms in total. The molecule has 0 aliphatic rings. The van der Waals surface area contributed by atoms with Gasteiger partial charge in [-0.2, -0.15) is 0 Å². The summed E-state index contributed by atoms with van der Waals surface area (Å²) < 4.78 is 0. The number of hydrogen-bond donors (Lipinski definition) is 2. The van der Waals surface area contributed by atoms with E-state index in [4.69, 9.17) is 0 Å². The normalized spacial score (nSPS) is 13.3. The Labute approximate surface area is 151 Å². The Kier molecular flexibility index (Phi) is 6.99. The van der Waals surface area contributed by atoms with Crippen molar-refractivity contribution in [2.24, 2.45) is 5.92 Å². The van der Waals surface area contributed by atoms with Gasteiger partial charge in [0.25, 0.3) is 0 Å². The molecule has 0 unspecified atom stereocenters. The van der Waals surface area contributed by atoms with E-state index in [1.54, 1.807) is 6.20 Å². The van der Waals surface area contributed by atoms with Crippen LogP contribution in [0.5, 0.6) is 0 Å². The van der Waals surface area contributed by atoms with Gasteiger partial charge >= 0.3 is 6.03 Å². The summed E-state index contributed by atoms with van der Waals surface area (Å²) in [5.41, 5.74) is 3.32. The SMILES string of the molecule is CC[C@@H](C)c1ccc([C@H](NC(=O)NCc2ccccn2)C(C)C)cc1. The second kappa shape index (κ2) is 9.21. The van der Waals surface area contributed by atoms with Gasteiger partial charge in [-0.3, -0.25) is 4.98 Å². The number of aromatic nitrogens is 1. The molecule has 0 bridgehead atoms. The lowest BCUT2D eigenvalue weighted by Gasteiger charge is -2.23. The van der Waals surface area contributed by atoms with Crippen LogP contribution < -0.4 is 10.6 Å². The minimum absolute atomic E-state index is 0.0188. The van der Waals surface area contributed by atoms with E-state index in [9.17, 15) is 4.79 Å². The molecular weight excluding hydrogens is 310 g/mol. The van der Waals surface area contributed by atoms with Crippen LogP contribution in [0.2, 0.25) is 0 Å². The fourth-order valence-corrected chi connectivity index (χ4v) is 2.77. The highest BCUT2D eigenvalue weighted by Gasteiger charge is 2.18. The van der Waals surface area contributed by atoms with Gasteiger partial charge in [-0.1, -0.05) is 58.0 Å². The van der Waals surface area contributed by atoms with Crippen LogP contribution in [0.3, 0.4) is 0 Å². The highest BCUT2D eigenvalue weighted by atomic mass is 16.2. The standard InChI is InChI=1S/C21H29N3O/c1-5-16(4)17-9-11-18(12-10-17)20(15(2)3)24-21(25)23-14-19-8-6-7-13-22-19/h6-13,15-16,20H,5,14H2,1-4H3,(H2,23,24,25)/t16-,20-/m1/s1. The van der Waals surface area contributed by atoms with Gasteiger partial charge in [-0.15, -0.1) is 0 Å². The molecule has 2 atom stereocenters. The summed E-state index contributed by atoms with van der Waals surface area (Å²) in [5, 5.41) is 5.97. The first kappa shape index (κ1) is 19.0.